The van der Waals surface area contributed by atoms with Crippen molar-refractivity contribution in [1.82, 2.24) is 5.32 Å². The van der Waals surface area contributed by atoms with E-state index in [0.29, 0.717) is 13.2 Å². The van der Waals surface area contributed by atoms with Gasteiger partial charge in [0.25, 0.3) is 0 Å². The Kier molecular flexibility index (Phi) is 4.61. The fourth-order valence-corrected chi connectivity index (χ4v) is 2.35. The third-order valence-electron chi connectivity index (χ3n) is 3.73. The Morgan fingerprint density at radius 3 is 2.78 bits per heavy atom. The molecule has 0 heterocycles. The summed E-state index contributed by atoms with van der Waals surface area (Å²) in [5, 5.41) is 3.57. The van der Waals surface area contributed by atoms with Crippen molar-refractivity contribution in [1.29, 1.82) is 0 Å². The molecule has 0 aromatic heterocycles. The zero-order valence-corrected chi connectivity index (χ0v) is 11.4. The van der Waals surface area contributed by atoms with E-state index in [4.69, 9.17) is 10.5 Å². The summed E-state index contributed by atoms with van der Waals surface area (Å²) in [7, 11) is 0. The molecule has 3 N–H and O–H groups in total. The van der Waals surface area contributed by atoms with Crippen LogP contribution in [0.25, 0.3) is 0 Å². The molecule has 1 saturated carbocycles. The Morgan fingerprint density at radius 2 is 2.17 bits per heavy atom. The van der Waals surface area contributed by atoms with Gasteiger partial charge in [-0.15, -0.1) is 0 Å². The van der Waals surface area contributed by atoms with Crippen LogP contribution >= 0.6 is 0 Å². The molecule has 0 bridgehead atoms. The molecule has 0 amide bonds. The number of para-hydroxylation sites is 1. The van der Waals surface area contributed by atoms with E-state index in [1.807, 2.05) is 25.1 Å². The fraction of sp³-hybridized carbons (Fsp3) is 0.600. The molecular weight excluding hydrogens is 224 g/mol. The standard InChI is InChI=1S/C15H24N2O/c1-3-18-15-7-5-4-6-13(15)14(9-16)17-10-12-8-11(12)2/h4-7,11-12,14,17H,3,8-10,16H2,1-2H3. The van der Waals surface area contributed by atoms with Crippen LogP contribution in [0.2, 0.25) is 0 Å². The lowest BCUT2D eigenvalue weighted by molar-refractivity contribution is 0.331. The molecule has 100 valence electrons. The predicted molar refractivity (Wildman–Crippen MR) is 74.7 cm³/mol. The van der Waals surface area contributed by atoms with Gasteiger partial charge in [-0.3, -0.25) is 0 Å². The summed E-state index contributed by atoms with van der Waals surface area (Å²) in [4.78, 5) is 0. The quantitative estimate of drug-likeness (QED) is 0.778. The molecule has 0 radical (unpaired) electrons. The lowest BCUT2D eigenvalue weighted by Gasteiger charge is -2.20. The summed E-state index contributed by atoms with van der Waals surface area (Å²) in [6, 6.07) is 8.36. The Bertz CT molecular complexity index is 381. The molecule has 0 saturated heterocycles. The summed E-state index contributed by atoms with van der Waals surface area (Å²) < 4.78 is 5.67. The van der Waals surface area contributed by atoms with E-state index in [9.17, 15) is 0 Å². The second-order valence-electron chi connectivity index (χ2n) is 5.14. The van der Waals surface area contributed by atoms with Crippen molar-refractivity contribution >= 4 is 0 Å². The minimum absolute atomic E-state index is 0.195. The first-order valence-corrected chi connectivity index (χ1v) is 6.91. The Hall–Kier alpha value is -1.06. The number of ether oxygens (including phenoxy) is 1. The van der Waals surface area contributed by atoms with Gasteiger partial charge in [-0.2, -0.15) is 0 Å². The highest BCUT2D eigenvalue weighted by Gasteiger charge is 2.32. The Morgan fingerprint density at radius 1 is 1.44 bits per heavy atom. The minimum Gasteiger partial charge on any atom is -0.494 e. The molecule has 18 heavy (non-hydrogen) atoms. The number of hydrogen-bond donors (Lipinski definition) is 2. The number of nitrogens with one attached hydrogen (secondary N) is 1. The molecule has 3 atom stereocenters. The molecule has 0 aliphatic heterocycles. The van der Waals surface area contributed by atoms with Crippen molar-refractivity contribution in [3.63, 3.8) is 0 Å². The maximum absolute atomic E-state index is 5.89. The van der Waals surface area contributed by atoms with E-state index >= 15 is 0 Å². The first kappa shape index (κ1) is 13.4. The van der Waals surface area contributed by atoms with Crippen molar-refractivity contribution in [3.8, 4) is 5.75 Å². The van der Waals surface area contributed by atoms with Crippen LogP contribution in [0, 0.1) is 11.8 Å². The SMILES string of the molecule is CCOc1ccccc1C(CN)NCC1CC1C. The van der Waals surface area contributed by atoms with Gasteiger partial charge in [0.15, 0.2) is 0 Å². The molecule has 3 nitrogen and oxygen atoms in total. The second kappa shape index (κ2) is 6.21. The van der Waals surface area contributed by atoms with Crippen molar-refractivity contribution in [3.05, 3.63) is 29.8 Å². The summed E-state index contributed by atoms with van der Waals surface area (Å²) >= 11 is 0. The van der Waals surface area contributed by atoms with Gasteiger partial charge in [0.1, 0.15) is 5.75 Å². The zero-order valence-electron chi connectivity index (χ0n) is 11.4. The maximum Gasteiger partial charge on any atom is 0.124 e. The molecule has 3 heteroatoms. The molecule has 1 aliphatic rings. The highest BCUT2D eigenvalue weighted by Crippen LogP contribution is 2.37. The van der Waals surface area contributed by atoms with Gasteiger partial charge in [0.05, 0.1) is 6.61 Å². The minimum atomic E-state index is 0.195. The van der Waals surface area contributed by atoms with E-state index in [0.717, 1.165) is 24.1 Å². The second-order valence-corrected chi connectivity index (χ2v) is 5.14. The first-order chi connectivity index (χ1) is 8.76. The molecule has 3 unspecified atom stereocenters. The number of benzene rings is 1. The normalized spacial score (nSPS) is 23.7. The third kappa shape index (κ3) is 3.24. The lowest BCUT2D eigenvalue weighted by atomic mass is 10.1. The van der Waals surface area contributed by atoms with E-state index < -0.39 is 0 Å². The summed E-state index contributed by atoms with van der Waals surface area (Å²) in [5.74, 6) is 2.66. The zero-order chi connectivity index (χ0) is 13.0. The predicted octanol–water partition coefficient (Wildman–Crippen LogP) is 2.33. The molecule has 1 aromatic carbocycles. The van der Waals surface area contributed by atoms with E-state index in [2.05, 4.69) is 18.3 Å². The molecule has 1 aromatic rings. The fourth-order valence-electron chi connectivity index (χ4n) is 2.35. The van der Waals surface area contributed by atoms with Crippen LogP contribution in [0.1, 0.15) is 31.9 Å². The summed E-state index contributed by atoms with van der Waals surface area (Å²) in [6.45, 7) is 6.66. The number of hydrogen-bond acceptors (Lipinski definition) is 3. The average Bonchev–Trinajstić information content (AvgIpc) is 3.08. The van der Waals surface area contributed by atoms with Crippen LogP contribution < -0.4 is 15.8 Å². The van der Waals surface area contributed by atoms with Crippen molar-refractivity contribution in [2.45, 2.75) is 26.3 Å². The molecule has 0 spiro atoms. The van der Waals surface area contributed by atoms with Gasteiger partial charge < -0.3 is 15.8 Å². The van der Waals surface area contributed by atoms with Crippen LogP contribution in [0.15, 0.2) is 24.3 Å². The smallest absolute Gasteiger partial charge is 0.124 e. The monoisotopic (exact) mass is 248 g/mol. The Balaban J connectivity index is 2.01. The highest BCUT2D eigenvalue weighted by atomic mass is 16.5. The van der Waals surface area contributed by atoms with Gasteiger partial charge in [0.2, 0.25) is 0 Å². The average molecular weight is 248 g/mol. The van der Waals surface area contributed by atoms with Crippen LogP contribution in [0.3, 0.4) is 0 Å². The number of nitrogens with two attached hydrogens (primary N) is 1. The van der Waals surface area contributed by atoms with E-state index in [-0.39, 0.29) is 6.04 Å². The van der Waals surface area contributed by atoms with Crippen LogP contribution in [0.5, 0.6) is 5.75 Å². The first-order valence-electron chi connectivity index (χ1n) is 6.91. The van der Waals surface area contributed by atoms with E-state index in [1.165, 1.54) is 12.0 Å². The highest BCUT2D eigenvalue weighted by molar-refractivity contribution is 5.36. The van der Waals surface area contributed by atoms with Crippen molar-refractivity contribution < 1.29 is 4.74 Å². The van der Waals surface area contributed by atoms with Gasteiger partial charge in [0, 0.05) is 18.2 Å². The van der Waals surface area contributed by atoms with Gasteiger partial charge in [-0.1, -0.05) is 25.1 Å². The van der Waals surface area contributed by atoms with Crippen molar-refractivity contribution in [2.75, 3.05) is 19.7 Å². The molecule has 1 aliphatic carbocycles. The number of rotatable bonds is 7. The lowest BCUT2D eigenvalue weighted by Crippen LogP contribution is -2.30. The maximum atomic E-state index is 5.89. The third-order valence-corrected chi connectivity index (χ3v) is 3.73. The van der Waals surface area contributed by atoms with Gasteiger partial charge in [-0.25, -0.2) is 0 Å². The largest absolute Gasteiger partial charge is 0.494 e. The summed E-state index contributed by atoms with van der Waals surface area (Å²) in [6.07, 6.45) is 1.34. The molecule has 2 rings (SSSR count). The Labute approximate surface area is 110 Å². The molecular formula is C15H24N2O. The molecule has 1 fully saturated rings. The summed E-state index contributed by atoms with van der Waals surface area (Å²) in [5.41, 5.74) is 7.07. The topological polar surface area (TPSA) is 47.3 Å². The van der Waals surface area contributed by atoms with Crippen molar-refractivity contribution in [2.24, 2.45) is 17.6 Å². The van der Waals surface area contributed by atoms with Crippen LogP contribution in [-0.2, 0) is 0 Å². The van der Waals surface area contributed by atoms with Crippen LogP contribution in [-0.4, -0.2) is 19.7 Å². The van der Waals surface area contributed by atoms with Gasteiger partial charge in [-0.05, 0) is 37.8 Å². The van der Waals surface area contributed by atoms with Crippen LogP contribution in [0.4, 0.5) is 0 Å². The van der Waals surface area contributed by atoms with E-state index in [1.54, 1.807) is 0 Å². The van der Waals surface area contributed by atoms with Gasteiger partial charge >= 0.3 is 0 Å².